The predicted octanol–water partition coefficient (Wildman–Crippen LogP) is 0.972. The van der Waals surface area contributed by atoms with Crippen LogP contribution in [0.2, 0.25) is 0 Å². The summed E-state index contributed by atoms with van der Waals surface area (Å²) < 4.78 is 5.86. The van der Waals surface area contributed by atoms with E-state index < -0.39 is 0 Å². The van der Waals surface area contributed by atoms with Gasteiger partial charge >= 0.3 is 0 Å². The third-order valence-corrected chi connectivity index (χ3v) is 3.30. The maximum Gasteiger partial charge on any atom is 0.224 e. The van der Waals surface area contributed by atoms with Crippen LogP contribution in [-0.2, 0) is 4.74 Å². The van der Waals surface area contributed by atoms with Crippen molar-refractivity contribution in [2.24, 2.45) is 0 Å². The highest BCUT2D eigenvalue weighted by Gasteiger charge is 2.16. The number of aromatic nitrogens is 2. The van der Waals surface area contributed by atoms with Crippen molar-refractivity contribution in [3.05, 3.63) is 12.3 Å². The molecule has 0 aliphatic carbocycles. The van der Waals surface area contributed by atoms with E-state index in [1.165, 1.54) is 0 Å². The molecule has 0 bridgehead atoms. The average molecular weight is 265 g/mol. The van der Waals surface area contributed by atoms with Crippen LogP contribution in [0.3, 0.4) is 0 Å². The smallest absolute Gasteiger partial charge is 0.224 e. The predicted molar refractivity (Wildman–Crippen MR) is 76.0 cm³/mol. The van der Waals surface area contributed by atoms with E-state index in [1.54, 1.807) is 12.3 Å². The molecule has 0 atom stereocenters. The number of hydrogen-bond acceptors (Lipinski definition) is 6. The number of anilines is 2. The molecule has 1 fully saturated rings. The first-order valence-electron chi connectivity index (χ1n) is 6.86. The van der Waals surface area contributed by atoms with Crippen molar-refractivity contribution in [2.75, 3.05) is 44.3 Å². The summed E-state index contributed by atoms with van der Waals surface area (Å²) in [5.74, 6) is 1.07. The van der Waals surface area contributed by atoms with Crippen molar-refractivity contribution in [1.29, 1.82) is 0 Å². The average Bonchev–Trinajstić information content (AvgIpc) is 2.41. The minimum atomic E-state index is 0.430. The van der Waals surface area contributed by atoms with Crippen LogP contribution < -0.4 is 11.1 Å². The van der Waals surface area contributed by atoms with Crippen molar-refractivity contribution >= 4 is 11.8 Å². The standard InChI is InChI=1S/C13H23N5O/c1-18-8-4-11(5-9-18)19-10-2-6-15-13-16-7-3-12(14)17-13/h3,7,11H,2,4-6,8-10H2,1H3,(H3,14,15,16,17). The van der Waals surface area contributed by atoms with Crippen LogP contribution in [0.4, 0.5) is 11.8 Å². The summed E-state index contributed by atoms with van der Waals surface area (Å²) in [6.07, 6.45) is 5.31. The maximum absolute atomic E-state index is 5.86. The van der Waals surface area contributed by atoms with Crippen LogP contribution in [0, 0.1) is 0 Å². The quantitative estimate of drug-likeness (QED) is 0.746. The fraction of sp³-hybridized carbons (Fsp3) is 0.692. The van der Waals surface area contributed by atoms with Crippen molar-refractivity contribution in [3.63, 3.8) is 0 Å². The van der Waals surface area contributed by atoms with Gasteiger partial charge in [0.15, 0.2) is 0 Å². The van der Waals surface area contributed by atoms with Crippen LogP contribution in [0.1, 0.15) is 19.3 Å². The normalized spacial score (nSPS) is 17.5. The number of nitrogens with two attached hydrogens (primary N) is 1. The number of ether oxygens (including phenoxy) is 1. The molecule has 0 unspecified atom stereocenters. The van der Waals surface area contributed by atoms with Gasteiger partial charge in [-0.05, 0) is 32.4 Å². The third-order valence-electron chi connectivity index (χ3n) is 3.30. The van der Waals surface area contributed by atoms with Gasteiger partial charge in [0, 0.05) is 32.4 Å². The van der Waals surface area contributed by atoms with Gasteiger partial charge in [-0.2, -0.15) is 4.98 Å². The zero-order chi connectivity index (χ0) is 13.5. The SMILES string of the molecule is CN1CCC(OCCCNc2nccc(N)n2)CC1. The second-order valence-corrected chi connectivity index (χ2v) is 4.96. The third kappa shape index (κ3) is 5.00. The minimum absolute atomic E-state index is 0.430. The molecule has 0 radical (unpaired) electrons. The van der Waals surface area contributed by atoms with Gasteiger partial charge in [0.2, 0.25) is 5.95 Å². The number of nitrogen functional groups attached to an aromatic ring is 1. The van der Waals surface area contributed by atoms with Gasteiger partial charge in [-0.15, -0.1) is 0 Å². The lowest BCUT2D eigenvalue weighted by molar-refractivity contribution is 0.0125. The minimum Gasteiger partial charge on any atom is -0.384 e. The van der Waals surface area contributed by atoms with E-state index in [9.17, 15) is 0 Å². The topological polar surface area (TPSA) is 76.3 Å². The van der Waals surface area contributed by atoms with E-state index in [0.717, 1.165) is 45.5 Å². The van der Waals surface area contributed by atoms with Gasteiger partial charge in [0.05, 0.1) is 6.10 Å². The van der Waals surface area contributed by atoms with Gasteiger partial charge in [-0.25, -0.2) is 4.98 Å². The lowest BCUT2D eigenvalue weighted by atomic mass is 10.1. The van der Waals surface area contributed by atoms with Crippen LogP contribution in [0.15, 0.2) is 12.3 Å². The largest absolute Gasteiger partial charge is 0.384 e. The lowest BCUT2D eigenvalue weighted by Gasteiger charge is -2.28. The number of nitrogens with zero attached hydrogens (tertiary/aromatic N) is 3. The summed E-state index contributed by atoms with van der Waals surface area (Å²) in [5, 5.41) is 3.14. The number of piperidine rings is 1. The zero-order valence-electron chi connectivity index (χ0n) is 11.5. The van der Waals surface area contributed by atoms with Gasteiger partial charge in [-0.1, -0.05) is 0 Å². The molecule has 106 valence electrons. The van der Waals surface area contributed by atoms with E-state index in [2.05, 4.69) is 27.2 Å². The molecule has 0 saturated carbocycles. The molecule has 19 heavy (non-hydrogen) atoms. The molecular weight excluding hydrogens is 242 g/mol. The Labute approximate surface area is 114 Å². The van der Waals surface area contributed by atoms with Crippen LogP contribution in [-0.4, -0.2) is 54.3 Å². The first kappa shape index (κ1) is 14.0. The molecule has 2 heterocycles. The summed E-state index contributed by atoms with van der Waals surface area (Å²) in [6, 6.07) is 1.67. The molecule has 1 saturated heterocycles. The lowest BCUT2D eigenvalue weighted by Crippen LogP contribution is -2.34. The van der Waals surface area contributed by atoms with E-state index in [4.69, 9.17) is 10.5 Å². The molecule has 2 rings (SSSR count). The molecule has 3 N–H and O–H groups in total. The Morgan fingerprint density at radius 2 is 2.26 bits per heavy atom. The Hall–Kier alpha value is -1.40. The Bertz CT molecular complexity index is 379. The van der Waals surface area contributed by atoms with Crippen molar-refractivity contribution < 1.29 is 4.74 Å². The van der Waals surface area contributed by atoms with E-state index in [1.807, 2.05) is 0 Å². The Kier molecular flexibility index (Phi) is 5.35. The summed E-state index contributed by atoms with van der Waals surface area (Å²) >= 11 is 0. The number of likely N-dealkylation sites (tertiary alicyclic amines) is 1. The first-order chi connectivity index (χ1) is 9.24. The highest BCUT2D eigenvalue weighted by molar-refractivity contribution is 5.34. The summed E-state index contributed by atoms with van der Waals surface area (Å²) in [7, 11) is 2.16. The Morgan fingerprint density at radius 3 is 3.00 bits per heavy atom. The van der Waals surface area contributed by atoms with E-state index in [0.29, 0.717) is 17.9 Å². The zero-order valence-corrected chi connectivity index (χ0v) is 11.5. The van der Waals surface area contributed by atoms with Gasteiger partial charge in [-0.3, -0.25) is 0 Å². The molecule has 1 aromatic heterocycles. The fourth-order valence-electron chi connectivity index (χ4n) is 2.13. The van der Waals surface area contributed by atoms with Crippen molar-refractivity contribution in [2.45, 2.75) is 25.4 Å². The summed E-state index contributed by atoms with van der Waals surface area (Å²) in [6.45, 7) is 3.86. The molecule has 1 aliphatic heterocycles. The summed E-state index contributed by atoms with van der Waals surface area (Å²) in [5.41, 5.74) is 5.58. The van der Waals surface area contributed by atoms with Gasteiger partial charge < -0.3 is 20.7 Å². The monoisotopic (exact) mass is 265 g/mol. The van der Waals surface area contributed by atoms with Crippen LogP contribution in [0.5, 0.6) is 0 Å². The van der Waals surface area contributed by atoms with Crippen molar-refractivity contribution in [1.82, 2.24) is 14.9 Å². The van der Waals surface area contributed by atoms with E-state index in [-0.39, 0.29) is 0 Å². The highest BCUT2D eigenvalue weighted by Crippen LogP contribution is 2.12. The number of nitrogens with one attached hydrogen (secondary N) is 1. The second-order valence-electron chi connectivity index (χ2n) is 4.96. The summed E-state index contributed by atoms with van der Waals surface area (Å²) in [4.78, 5) is 10.5. The van der Waals surface area contributed by atoms with Crippen LogP contribution >= 0.6 is 0 Å². The van der Waals surface area contributed by atoms with E-state index >= 15 is 0 Å². The van der Waals surface area contributed by atoms with Crippen molar-refractivity contribution in [3.8, 4) is 0 Å². The maximum atomic E-state index is 5.86. The molecule has 6 heteroatoms. The molecular formula is C13H23N5O. The highest BCUT2D eigenvalue weighted by atomic mass is 16.5. The number of hydrogen-bond donors (Lipinski definition) is 2. The molecule has 0 aromatic carbocycles. The number of rotatable bonds is 6. The van der Waals surface area contributed by atoms with Gasteiger partial charge in [0.1, 0.15) is 5.82 Å². The molecule has 0 amide bonds. The molecule has 1 aliphatic rings. The fourth-order valence-corrected chi connectivity index (χ4v) is 2.13. The molecule has 0 spiro atoms. The Balaban J connectivity index is 1.55. The Morgan fingerprint density at radius 1 is 1.47 bits per heavy atom. The first-order valence-corrected chi connectivity index (χ1v) is 6.86. The molecule has 1 aromatic rings. The second kappa shape index (κ2) is 7.25. The van der Waals surface area contributed by atoms with Crippen LogP contribution in [0.25, 0.3) is 0 Å². The van der Waals surface area contributed by atoms with Gasteiger partial charge in [0.25, 0.3) is 0 Å². The molecule has 6 nitrogen and oxygen atoms in total.